The first-order chi connectivity index (χ1) is 17.1. The minimum Gasteiger partial charge on any atom is -0.379 e. The van der Waals surface area contributed by atoms with Crippen molar-refractivity contribution >= 4 is 23.2 Å². The van der Waals surface area contributed by atoms with Gasteiger partial charge in [0.2, 0.25) is 0 Å². The second-order valence-electron chi connectivity index (χ2n) is 9.83. The van der Waals surface area contributed by atoms with Crippen molar-refractivity contribution in [1.82, 2.24) is 9.88 Å². The van der Waals surface area contributed by atoms with E-state index in [2.05, 4.69) is 21.3 Å². The lowest BCUT2D eigenvalue weighted by atomic mass is 9.85. The van der Waals surface area contributed by atoms with Crippen LogP contribution in [0.2, 0.25) is 0 Å². The van der Waals surface area contributed by atoms with Crippen LogP contribution in [0, 0.1) is 11.7 Å². The zero-order valence-electron chi connectivity index (χ0n) is 19.8. The van der Waals surface area contributed by atoms with E-state index >= 15 is 0 Å². The van der Waals surface area contributed by atoms with Crippen molar-refractivity contribution in [3.05, 3.63) is 76.9 Å². The number of morpholine rings is 1. The smallest absolute Gasteiger partial charge is 0.256 e. The third-order valence-corrected chi connectivity index (χ3v) is 7.54. The van der Waals surface area contributed by atoms with Crippen LogP contribution < -0.4 is 5.32 Å². The minimum absolute atomic E-state index is 0.125. The van der Waals surface area contributed by atoms with Gasteiger partial charge in [0.15, 0.2) is 0 Å². The van der Waals surface area contributed by atoms with E-state index in [4.69, 9.17) is 4.74 Å². The van der Waals surface area contributed by atoms with Crippen LogP contribution in [0.25, 0.3) is 22.8 Å². The average molecular weight is 472 g/mol. The molecule has 0 radical (unpaired) electrons. The topological polar surface area (TPSA) is 57.4 Å². The number of aryl methyl sites for hydroxylation is 1. The van der Waals surface area contributed by atoms with E-state index < -0.39 is 0 Å². The molecule has 6 heteroatoms. The Bertz CT molecular complexity index is 1290. The van der Waals surface area contributed by atoms with Gasteiger partial charge < -0.3 is 15.0 Å². The minimum atomic E-state index is -0.289. The number of ether oxygens (including phenoxy) is 1. The molecule has 180 valence electrons. The first kappa shape index (κ1) is 22.3. The summed E-state index contributed by atoms with van der Waals surface area (Å²) in [6, 6.07) is 14.5. The van der Waals surface area contributed by atoms with Crippen LogP contribution in [0.3, 0.4) is 0 Å². The number of halogens is 1. The van der Waals surface area contributed by atoms with Crippen LogP contribution in [0.1, 0.15) is 35.4 Å². The Morgan fingerprint density at radius 2 is 1.97 bits per heavy atom. The number of anilines is 1. The monoisotopic (exact) mass is 471 g/mol. The summed E-state index contributed by atoms with van der Waals surface area (Å²) in [5, 5.41) is 2.98. The van der Waals surface area contributed by atoms with Crippen molar-refractivity contribution in [2.75, 3.05) is 38.2 Å². The molecule has 2 N–H and O–H groups in total. The number of nitrogens with zero attached hydrogens (tertiary/aromatic N) is 1. The van der Waals surface area contributed by atoms with Gasteiger partial charge >= 0.3 is 0 Å². The Balaban J connectivity index is 1.24. The maximum atomic E-state index is 13.9. The molecule has 1 amide bonds. The van der Waals surface area contributed by atoms with E-state index in [1.54, 1.807) is 6.07 Å². The van der Waals surface area contributed by atoms with E-state index in [9.17, 15) is 9.18 Å². The standard InChI is InChI=1S/C29H30FN3O2/c30-22-4-1-3-20(16-22)24-5-2-6-27-28(24)25(29(34)32-27)18-23-17-21-15-19(7-8-26(21)31-23)9-10-33-11-13-35-14-12-33/h1-6,16-19,31H,7-15H2,(H,32,34)/b25-18-. The van der Waals surface area contributed by atoms with Gasteiger partial charge in [-0.15, -0.1) is 0 Å². The highest BCUT2D eigenvalue weighted by Crippen LogP contribution is 2.41. The van der Waals surface area contributed by atoms with Crippen LogP contribution in [-0.2, 0) is 22.4 Å². The van der Waals surface area contributed by atoms with Crippen LogP contribution in [0.4, 0.5) is 10.1 Å². The quantitative estimate of drug-likeness (QED) is 0.507. The lowest BCUT2D eigenvalue weighted by molar-refractivity contribution is -0.110. The maximum Gasteiger partial charge on any atom is 0.256 e. The van der Waals surface area contributed by atoms with Crippen molar-refractivity contribution in [2.24, 2.45) is 5.92 Å². The summed E-state index contributed by atoms with van der Waals surface area (Å²) in [6.45, 7) is 4.93. The van der Waals surface area contributed by atoms with Crippen molar-refractivity contribution in [3.63, 3.8) is 0 Å². The Morgan fingerprint density at radius 3 is 2.83 bits per heavy atom. The molecule has 3 heterocycles. The summed E-state index contributed by atoms with van der Waals surface area (Å²) in [5.41, 5.74) is 7.44. The van der Waals surface area contributed by atoms with E-state index in [1.165, 1.54) is 36.2 Å². The zero-order chi connectivity index (χ0) is 23.8. The zero-order valence-corrected chi connectivity index (χ0v) is 19.8. The van der Waals surface area contributed by atoms with Gasteiger partial charge in [0, 0.05) is 35.7 Å². The number of hydrogen-bond donors (Lipinski definition) is 2. The number of nitrogens with one attached hydrogen (secondary N) is 2. The number of carbonyl (C=O) groups is 1. The molecular weight excluding hydrogens is 441 g/mol. The Hall–Kier alpha value is -3.22. The van der Waals surface area contributed by atoms with Gasteiger partial charge in [0.05, 0.1) is 18.8 Å². The fourth-order valence-corrected chi connectivity index (χ4v) is 5.69. The lowest BCUT2D eigenvalue weighted by Crippen LogP contribution is -2.37. The van der Waals surface area contributed by atoms with E-state index in [1.807, 2.05) is 30.3 Å². The number of rotatable bonds is 5. The predicted molar refractivity (Wildman–Crippen MR) is 137 cm³/mol. The fraction of sp³-hybridized carbons (Fsp3) is 0.345. The number of carbonyl (C=O) groups excluding carboxylic acids is 1. The molecule has 0 saturated carbocycles. The van der Waals surface area contributed by atoms with Gasteiger partial charge in [-0.3, -0.25) is 9.69 Å². The Labute approximate surface area is 205 Å². The van der Waals surface area contributed by atoms with Gasteiger partial charge in [0.1, 0.15) is 5.82 Å². The molecule has 1 fully saturated rings. The van der Waals surface area contributed by atoms with Crippen LogP contribution in [-0.4, -0.2) is 48.6 Å². The van der Waals surface area contributed by atoms with Gasteiger partial charge in [-0.25, -0.2) is 4.39 Å². The maximum absolute atomic E-state index is 13.9. The van der Waals surface area contributed by atoms with E-state index in [0.29, 0.717) is 11.5 Å². The third kappa shape index (κ3) is 4.56. The van der Waals surface area contributed by atoms with Gasteiger partial charge in [-0.05, 0) is 85.2 Å². The molecule has 35 heavy (non-hydrogen) atoms. The van der Waals surface area contributed by atoms with E-state index in [-0.39, 0.29) is 11.7 Å². The number of H-pyrrole nitrogens is 1. The highest BCUT2D eigenvalue weighted by molar-refractivity contribution is 6.36. The van der Waals surface area contributed by atoms with Crippen molar-refractivity contribution in [1.29, 1.82) is 0 Å². The van der Waals surface area contributed by atoms with Gasteiger partial charge in [-0.2, -0.15) is 0 Å². The first-order valence-electron chi connectivity index (χ1n) is 12.6. The Kier molecular flexibility index (Phi) is 6.00. The van der Waals surface area contributed by atoms with E-state index in [0.717, 1.165) is 73.8 Å². The van der Waals surface area contributed by atoms with Crippen molar-refractivity contribution in [2.45, 2.75) is 25.7 Å². The van der Waals surface area contributed by atoms with Crippen molar-refractivity contribution < 1.29 is 13.9 Å². The fourth-order valence-electron chi connectivity index (χ4n) is 5.69. The van der Waals surface area contributed by atoms with Crippen LogP contribution in [0.15, 0.2) is 48.5 Å². The number of benzene rings is 2. The summed E-state index contributed by atoms with van der Waals surface area (Å²) in [4.78, 5) is 19.0. The second kappa shape index (κ2) is 9.44. The number of hydrogen-bond acceptors (Lipinski definition) is 3. The molecule has 1 aliphatic carbocycles. The third-order valence-electron chi connectivity index (χ3n) is 7.54. The number of aromatic amines is 1. The predicted octanol–water partition coefficient (Wildman–Crippen LogP) is 5.14. The normalized spacial score (nSPS) is 21.1. The molecule has 1 aromatic heterocycles. The molecule has 0 bridgehead atoms. The van der Waals surface area contributed by atoms with Crippen molar-refractivity contribution in [3.8, 4) is 11.1 Å². The summed E-state index contributed by atoms with van der Waals surface area (Å²) in [6.07, 6.45) is 6.49. The molecule has 6 rings (SSSR count). The molecule has 3 aromatic rings. The van der Waals surface area contributed by atoms with Crippen LogP contribution >= 0.6 is 0 Å². The van der Waals surface area contributed by atoms with Gasteiger partial charge in [-0.1, -0.05) is 24.3 Å². The Morgan fingerprint density at radius 1 is 1.11 bits per heavy atom. The SMILES string of the molecule is O=C1Nc2cccc(-c3cccc(F)c3)c2/C1=C/c1cc2c([nH]1)CCC(CCN1CCOCC1)C2. The number of fused-ring (bicyclic) bond motifs is 2. The molecule has 2 aromatic carbocycles. The molecular formula is C29H30FN3O2. The molecule has 0 spiro atoms. The summed E-state index contributed by atoms with van der Waals surface area (Å²) < 4.78 is 19.4. The molecule has 1 saturated heterocycles. The molecule has 1 atom stereocenters. The lowest BCUT2D eigenvalue weighted by Gasteiger charge is -2.29. The summed E-state index contributed by atoms with van der Waals surface area (Å²) in [7, 11) is 0. The second-order valence-corrected chi connectivity index (χ2v) is 9.83. The van der Waals surface area contributed by atoms with Gasteiger partial charge in [0.25, 0.3) is 5.91 Å². The number of aromatic nitrogens is 1. The summed E-state index contributed by atoms with van der Waals surface area (Å²) >= 11 is 0. The molecule has 1 unspecified atom stereocenters. The highest BCUT2D eigenvalue weighted by Gasteiger charge is 2.28. The molecule has 3 aliphatic rings. The molecule has 5 nitrogen and oxygen atoms in total. The average Bonchev–Trinajstić information content (AvgIpc) is 3.43. The highest BCUT2D eigenvalue weighted by atomic mass is 19.1. The largest absolute Gasteiger partial charge is 0.379 e. The van der Waals surface area contributed by atoms with Crippen LogP contribution in [0.5, 0.6) is 0 Å². The summed E-state index contributed by atoms with van der Waals surface area (Å²) in [5.74, 6) is 0.277. The molecule has 2 aliphatic heterocycles. The number of amides is 1. The first-order valence-corrected chi connectivity index (χ1v) is 12.6.